The Morgan fingerprint density at radius 3 is 3.13 bits per heavy atom. The molecule has 1 heterocycles. The van der Waals surface area contributed by atoms with Crippen LogP contribution in [0.4, 0.5) is 0 Å². The largest absolute Gasteiger partial charge is 0.493 e. The molecule has 0 radical (unpaired) electrons. The SMILES string of the molecule is N/C(Cc1cc(Br)cc2c1OCC2)=N/O. The molecule has 1 aromatic rings. The zero-order valence-electron chi connectivity index (χ0n) is 8.03. The van der Waals surface area contributed by atoms with Crippen LogP contribution in [0.2, 0.25) is 0 Å². The van der Waals surface area contributed by atoms with Crippen LogP contribution in [0.25, 0.3) is 0 Å². The lowest BCUT2D eigenvalue weighted by molar-refractivity contribution is 0.317. The van der Waals surface area contributed by atoms with E-state index >= 15 is 0 Å². The Bertz CT molecular complexity index is 418. The average Bonchev–Trinajstić information content (AvgIpc) is 2.65. The van der Waals surface area contributed by atoms with Gasteiger partial charge in [0.15, 0.2) is 0 Å². The topological polar surface area (TPSA) is 67.8 Å². The number of hydrogen-bond acceptors (Lipinski definition) is 3. The molecule has 1 aromatic carbocycles. The normalized spacial score (nSPS) is 14.9. The molecule has 0 aromatic heterocycles. The lowest BCUT2D eigenvalue weighted by Gasteiger charge is -2.07. The molecule has 1 aliphatic rings. The van der Waals surface area contributed by atoms with Crippen LogP contribution in [0.1, 0.15) is 11.1 Å². The Labute approximate surface area is 95.8 Å². The summed E-state index contributed by atoms with van der Waals surface area (Å²) < 4.78 is 6.51. The predicted octanol–water partition coefficient (Wildman–Crippen LogP) is 1.67. The number of hydrogen-bond donors (Lipinski definition) is 2. The van der Waals surface area contributed by atoms with Crippen molar-refractivity contribution < 1.29 is 9.94 Å². The molecule has 1 aliphatic heterocycles. The first-order valence-corrected chi connectivity index (χ1v) is 5.40. The zero-order chi connectivity index (χ0) is 10.8. The van der Waals surface area contributed by atoms with Gasteiger partial charge in [-0.05, 0) is 17.7 Å². The molecule has 0 amide bonds. The Morgan fingerprint density at radius 1 is 1.60 bits per heavy atom. The summed E-state index contributed by atoms with van der Waals surface area (Å²) in [6.45, 7) is 0.703. The number of oxime groups is 1. The highest BCUT2D eigenvalue weighted by Crippen LogP contribution is 2.33. The molecule has 4 nitrogen and oxygen atoms in total. The molecule has 80 valence electrons. The lowest BCUT2D eigenvalue weighted by atomic mass is 10.1. The third kappa shape index (κ3) is 2.07. The van der Waals surface area contributed by atoms with Crippen molar-refractivity contribution in [3.05, 3.63) is 27.7 Å². The van der Waals surface area contributed by atoms with E-state index < -0.39 is 0 Å². The van der Waals surface area contributed by atoms with Crippen molar-refractivity contribution in [2.24, 2.45) is 10.9 Å². The van der Waals surface area contributed by atoms with Gasteiger partial charge in [-0.15, -0.1) is 0 Å². The van der Waals surface area contributed by atoms with Crippen molar-refractivity contribution in [2.45, 2.75) is 12.8 Å². The fraction of sp³-hybridized carbons (Fsp3) is 0.300. The Balaban J connectivity index is 2.38. The van der Waals surface area contributed by atoms with Gasteiger partial charge >= 0.3 is 0 Å². The maximum absolute atomic E-state index is 8.52. The summed E-state index contributed by atoms with van der Waals surface area (Å²) in [4.78, 5) is 0. The van der Waals surface area contributed by atoms with Gasteiger partial charge in [-0.25, -0.2) is 0 Å². The molecule has 0 fully saturated rings. The molecule has 2 rings (SSSR count). The van der Waals surface area contributed by atoms with Gasteiger partial charge in [0.25, 0.3) is 0 Å². The summed E-state index contributed by atoms with van der Waals surface area (Å²) in [6.07, 6.45) is 1.32. The fourth-order valence-electron chi connectivity index (χ4n) is 1.71. The van der Waals surface area contributed by atoms with E-state index in [-0.39, 0.29) is 5.84 Å². The molecule has 0 atom stereocenters. The van der Waals surface area contributed by atoms with Crippen LogP contribution in [0, 0.1) is 0 Å². The van der Waals surface area contributed by atoms with Crippen LogP contribution >= 0.6 is 15.9 Å². The lowest BCUT2D eigenvalue weighted by Crippen LogP contribution is -2.15. The molecule has 0 bridgehead atoms. The summed E-state index contributed by atoms with van der Waals surface area (Å²) in [5.74, 6) is 1.07. The van der Waals surface area contributed by atoms with Crippen LogP contribution in [-0.2, 0) is 12.8 Å². The highest BCUT2D eigenvalue weighted by Gasteiger charge is 2.17. The van der Waals surface area contributed by atoms with E-state index in [0.29, 0.717) is 13.0 Å². The van der Waals surface area contributed by atoms with Gasteiger partial charge in [-0.2, -0.15) is 0 Å². The Hall–Kier alpha value is -1.23. The van der Waals surface area contributed by atoms with Crippen molar-refractivity contribution in [3.8, 4) is 5.75 Å². The maximum Gasteiger partial charge on any atom is 0.143 e. The first kappa shape index (κ1) is 10.3. The molecule has 0 aliphatic carbocycles. The minimum atomic E-state index is 0.186. The number of rotatable bonds is 2. The maximum atomic E-state index is 8.52. The highest BCUT2D eigenvalue weighted by molar-refractivity contribution is 9.10. The number of benzene rings is 1. The zero-order valence-corrected chi connectivity index (χ0v) is 9.62. The van der Waals surface area contributed by atoms with E-state index in [9.17, 15) is 0 Å². The van der Waals surface area contributed by atoms with E-state index in [1.54, 1.807) is 0 Å². The van der Waals surface area contributed by atoms with E-state index in [2.05, 4.69) is 21.1 Å². The summed E-state index contributed by atoms with van der Waals surface area (Å²) in [5.41, 5.74) is 7.60. The van der Waals surface area contributed by atoms with Gasteiger partial charge in [0.1, 0.15) is 11.6 Å². The van der Waals surface area contributed by atoms with Gasteiger partial charge in [-0.3, -0.25) is 0 Å². The van der Waals surface area contributed by atoms with E-state index in [0.717, 1.165) is 22.2 Å². The fourth-order valence-corrected chi connectivity index (χ4v) is 2.26. The van der Waals surface area contributed by atoms with Gasteiger partial charge in [0.2, 0.25) is 0 Å². The van der Waals surface area contributed by atoms with Crippen LogP contribution in [0.15, 0.2) is 21.8 Å². The van der Waals surface area contributed by atoms with Gasteiger partial charge in [0.05, 0.1) is 6.61 Å². The molecule has 0 spiro atoms. The summed E-state index contributed by atoms with van der Waals surface area (Å²) in [5, 5.41) is 11.5. The highest BCUT2D eigenvalue weighted by atomic mass is 79.9. The molecule has 0 saturated carbocycles. The average molecular weight is 271 g/mol. The number of nitrogens with zero attached hydrogens (tertiary/aromatic N) is 1. The minimum absolute atomic E-state index is 0.186. The van der Waals surface area contributed by atoms with Crippen molar-refractivity contribution in [1.29, 1.82) is 0 Å². The van der Waals surface area contributed by atoms with E-state index in [1.165, 1.54) is 5.56 Å². The molecular formula is C10H11BrN2O2. The Kier molecular flexibility index (Phi) is 2.81. The third-order valence-corrected chi connectivity index (χ3v) is 2.78. The summed E-state index contributed by atoms with van der Waals surface area (Å²) in [6, 6.07) is 3.97. The quantitative estimate of drug-likeness (QED) is 0.372. The first-order chi connectivity index (χ1) is 7.20. The monoisotopic (exact) mass is 270 g/mol. The van der Waals surface area contributed by atoms with Crippen molar-refractivity contribution in [2.75, 3.05) is 6.61 Å². The van der Waals surface area contributed by atoms with Gasteiger partial charge in [0, 0.05) is 22.9 Å². The molecular weight excluding hydrogens is 260 g/mol. The van der Waals surface area contributed by atoms with Crippen molar-refractivity contribution in [3.63, 3.8) is 0 Å². The van der Waals surface area contributed by atoms with E-state index in [1.807, 2.05) is 12.1 Å². The van der Waals surface area contributed by atoms with Gasteiger partial charge in [-0.1, -0.05) is 21.1 Å². The number of fused-ring (bicyclic) bond motifs is 1. The van der Waals surface area contributed by atoms with Crippen molar-refractivity contribution >= 4 is 21.8 Å². The Morgan fingerprint density at radius 2 is 2.40 bits per heavy atom. The number of ether oxygens (including phenoxy) is 1. The molecule has 5 heteroatoms. The van der Waals surface area contributed by atoms with Crippen LogP contribution in [0.3, 0.4) is 0 Å². The molecule has 0 saturated heterocycles. The third-order valence-electron chi connectivity index (χ3n) is 2.33. The number of halogens is 1. The van der Waals surface area contributed by atoms with Crippen LogP contribution in [0.5, 0.6) is 5.75 Å². The predicted molar refractivity (Wildman–Crippen MR) is 60.5 cm³/mol. The summed E-state index contributed by atoms with van der Waals surface area (Å²) >= 11 is 3.43. The second-order valence-corrected chi connectivity index (χ2v) is 4.34. The minimum Gasteiger partial charge on any atom is -0.493 e. The summed E-state index contributed by atoms with van der Waals surface area (Å²) in [7, 11) is 0. The molecule has 0 unspecified atom stereocenters. The van der Waals surface area contributed by atoms with E-state index in [4.69, 9.17) is 15.7 Å². The van der Waals surface area contributed by atoms with Crippen molar-refractivity contribution in [1.82, 2.24) is 0 Å². The van der Waals surface area contributed by atoms with Gasteiger partial charge < -0.3 is 15.7 Å². The smallest absolute Gasteiger partial charge is 0.143 e. The first-order valence-electron chi connectivity index (χ1n) is 4.61. The molecule has 3 N–H and O–H groups in total. The van der Waals surface area contributed by atoms with Crippen LogP contribution in [-0.4, -0.2) is 17.6 Å². The van der Waals surface area contributed by atoms with Crippen LogP contribution < -0.4 is 10.5 Å². The number of amidine groups is 1. The number of nitrogens with two attached hydrogens (primary N) is 1. The second kappa shape index (κ2) is 4.10. The standard InChI is InChI=1S/C10H11BrN2O2/c11-8-3-6-1-2-15-10(6)7(4-8)5-9(12)13-14/h3-4,14H,1-2,5H2,(H2,12,13). The second-order valence-electron chi connectivity index (χ2n) is 3.42. The molecule has 15 heavy (non-hydrogen) atoms.